The van der Waals surface area contributed by atoms with E-state index in [1.807, 2.05) is 42.5 Å². The maximum atomic E-state index is 12.0. The van der Waals surface area contributed by atoms with Gasteiger partial charge in [-0.05, 0) is 50.3 Å². The van der Waals surface area contributed by atoms with Crippen molar-refractivity contribution < 1.29 is 9.53 Å². The number of rotatable bonds is 8. The van der Waals surface area contributed by atoms with E-state index in [1.54, 1.807) is 12.1 Å². The van der Waals surface area contributed by atoms with E-state index in [1.165, 1.54) is 0 Å². The minimum Gasteiger partial charge on any atom is -0.494 e. The molecule has 2 aromatic carbocycles. The van der Waals surface area contributed by atoms with E-state index in [9.17, 15) is 4.79 Å². The van der Waals surface area contributed by atoms with Crippen LogP contribution in [-0.2, 0) is 6.54 Å². The largest absolute Gasteiger partial charge is 0.494 e. The van der Waals surface area contributed by atoms with Crippen molar-refractivity contribution in [1.82, 2.24) is 10.2 Å². The van der Waals surface area contributed by atoms with Gasteiger partial charge in [0.05, 0.1) is 6.61 Å². The Bertz CT molecular complexity index is 595. The lowest BCUT2D eigenvalue weighted by atomic mass is 10.2. The lowest BCUT2D eigenvalue weighted by Crippen LogP contribution is -2.22. The van der Waals surface area contributed by atoms with E-state index < -0.39 is 0 Å². The third-order valence-corrected chi connectivity index (χ3v) is 3.43. The molecule has 0 spiro atoms. The first-order valence-corrected chi connectivity index (χ1v) is 7.85. The molecule has 0 aliphatic rings. The molecule has 0 unspecified atom stereocenters. The molecule has 0 aliphatic heterocycles. The Morgan fingerprint density at radius 1 is 1.04 bits per heavy atom. The third kappa shape index (κ3) is 6.12. The molecule has 2 rings (SSSR count). The van der Waals surface area contributed by atoms with Crippen LogP contribution in [0.15, 0.2) is 54.6 Å². The summed E-state index contributed by atoms with van der Waals surface area (Å²) >= 11 is 0. The molecule has 0 atom stereocenters. The normalized spacial score (nSPS) is 10.6. The van der Waals surface area contributed by atoms with Gasteiger partial charge in [-0.25, -0.2) is 0 Å². The number of nitrogens with zero attached hydrogens (tertiary/aromatic N) is 1. The van der Waals surface area contributed by atoms with E-state index in [0.717, 1.165) is 24.3 Å². The average molecular weight is 312 g/mol. The molecule has 0 radical (unpaired) electrons. The van der Waals surface area contributed by atoms with Gasteiger partial charge in [0.2, 0.25) is 0 Å². The number of carbonyl (C=O) groups is 1. The van der Waals surface area contributed by atoms with Crippen LogP contribution >= 0.6 is 0 Å². The van der Waals surface area contributed by atoms with Crippen molar-refractivity contribution in [3.63, 3.8) is 0 Å². The van der Waals surface area contributed by atoms with Crippen molar-refractivity contribution in [2.24, 2.45) is 0 Å². The van der Waals surface area contributed by atoms with Crippen molar-refractivity contribution >= 4 is 5.91 Å². The van der Waals surface area contributed by atoms with Gasteiger partial charge in [0.15, 0.2) is 0 Å². The van der Waals surface area contributed by atoms with Crippen LogP contribution < -0.4 is 10.1 Å². The van der Waals surface area contributed by atoms with Gasteiger partial charge < -0.3 is 15.0 Å². The first-order chi connectivity index (χ1) is 11.1. The van der Waals surface area contributed by atoms with Gasteiger partial charge >= 0.3 is 0 Å². The molecule has 1 N–H and O–H groups in total. The molecule has 0 aliphatic carbocycles. The van der Waals surface area contributed by atoms with Crippen LogP contribution in [0, 0.1) is 0 Å². The molecule has 4 nitrogen and oxygen atoms in total. The van der Waals surface area contributed by atoms with Gasteiger partial charge in [0.1, 0.15) is 5.75 Å². The molecule has 0 bridgehead atoms. The first-order valence-electron chi connectivity index (χ1n) is 7.85. The molecule has 0 saturated carbocycles. The molecule has 0 saturated heterocycles. The minimum atomic E-state index is -0.0605. The van der Waals surface area contributed by atoms with E-state index in [-0.39, 0.29) is 5.91 Å². The Morgan fingerprint density at radius 3 is 2.39 bits per heavy atom. The summed E-state index contributed by atoms with van der Waals surface area (Å²) in [4.78, 5) is 14.1. The van der Waals surface area contributed by atoms with Crippen molar-refractivity contribution in [2.45, 2.75) is 13.0 Å². The van der Waals surface area contributed by atoms with Gasteiger partial charge in [-0.2, -0.15) is 0 Å². The fourth-order valence-electron chi connectivity index (χ4n) is 2.15. The zero-order valence-electron chi connectivity index (χ0n) is 13.8. The predicted molar refractivity (Wildman–Crippen MR) is 92.7 cm³/mol. The Morgan fingerprint density at radius 2 is 1.74 bits per heavy atom. The molecule has 0 fully saturated rings. The molecule has 122 valence electrons. The number of nitrogens with one attached hydrogen (secondary N) is 1. The Balaban J connectivity index is 1.75. The molecule has 23 heavy (non-hydrogen) atoms. The number of hydrogen-bond acceptors (Lipinski definition) is 3. The Hall–Kier alpha value is -2.33. The minimum absolute atomic E-state index is 0.0605. The SMILES string of the molecule is CN(C)CCCOc1ccc(CNC(=O)c2ccccc2)cc1. The van der Waals surface area contributed by atoms with Crippen LogP contribution in [0.2, 0.25) is 0 Å². The zero-order chi connectivity index (χ0) is 16.5. The molecule has 1 amide bonds. The fraction of sp³-hybridized carbons (Fsp3) is 0.316. The van der Waals surface area contributed by atoms with Crippen molar-refractivity contribution in [3.8, 4) is 5.75 Å². The average Bonchev–Trinajstić information content (AvgIpc) is 2.58. The van der Waals surface area contributed by atoms with Crippen molar-refractivity contribution in [2.75, 3.05) is 27.2 Å². The monoisotopic (exact) mass is 312 g/mol. The second kappa shape index (κ2) is 8.96. The smallest absolute Gasteiger partial charge is 0.251 e. The summed E-state index contributed by atoms with van der Waals surface area (Å²) in [7, 11) is 4.11. The topological polar surface area (TPSA) is 41.6 Å². The molecule has 2 aromatic rings. The van der Waals surface area contributed by atoms with Gasteiger partial charge in [-0.1, -0.05) is 30.3 Å². The van der Waals surface area contributed by atoms with Gasteiger partial charge in [-0.15, -0.1) is 0 Å². The number of carbonyl (C=O) groups excluding carboxylic acids is 1. The highest BCUT2D eigenvalue weighted by Crippen LogP contribution is 2.12. The molecular formula is C19H24N2O2. The van der Waals surface area contributed by atoms with Crippen LogP contribution in [0.25, 0.3) is 0 Å². The predicted octanol–water partition coefficient (Wildman–Crippen LogP) is 2.95. The van der Waals surface area contributed by atoms with Crippen molar-refractivity contribution in [1.29, 1.82) is 0 Å². The maximum Gasteiger partial charge on any atom is 0.251 e. The lowest BCUT2D eigenvalue weighted by molar-refractivity contribution is 0.0951. The summed E-state index contributed by atoms with van der Waals surface area (Å²) < 4.78 is 5.69. The van der Waals surface area contributed by atoms with Crippen LogP contribution in [0.1, 0.15) is 22.3 Å². The van der Waals surface area contributed by atoms with Gasteiger partial charge in [0.25, 0.3) is 5.91 Å². The first kappa shape index (κ1) is 17.0. The highest BCUT2D eigenvalue weighted by molar-refractivity contribution is 5.94. The van der Waals surface area contributed by atoms with Crippen LogP contribution in [0.3, 0.4) is 0 Å². The summed E-state index contributed by atoms with van der Waals surface area (Å²) in [6, 6.07) is 17.1. The van der Waals surface area contributed by atoms with Crippen LogP contribution in [-0.4, -0.2) is 38.1 Å². The fourth-order valence-corrected chi connectivity index (χ4v) is 2.15. The Kier molecular flexibility index (Phi) is 6.63. The summed E-state index contributed by atoms with van der Waals surface area (Å²) in [5.41, 5.74) is 1.73. The van der Waals surface area contributed by atoms with Crippen LogP contribution in [0.4, 0.5) is 0 Å². The number of ether oxygens (including phenoxy) is 1. The second-order valence-electron chi connectivity index (χ2n) is 5.70. The maximum absolute atomic E-state index is 12.0. The second-order valence-corrected chi connectivity index (χ2v) is 5.70. The third-order valence-electron chi connectivity index (χ3n) is 3.43. The summed E-state index contributed by atoms with van der Waals surface area (Å²) in [6.45, 7) is 2.24. The highest BCUT2D eigenvalue weighted by atomic mass is 16.5. The van der Waals surface area contributed by atoms with E-state index in [4.69, 9.17) is 4.74 Å². The summed E-state index contributed by atoms with van der Waals surface area (Å²) in [5, 5.41) is 2.91. The zero-order valence-corrected chi connectivity index (χ0v) is 13.8. The summed E-state index contributed by atoms with van der Waals surface area (Å²) in [5.74, 6) is 0.802. The molecule has 0 aromatic heterocycles. The Labute approximate surface area is 138 Å². The summed E-state index contributed by atoms with van der Waals surface area (Å²) in [6.07, 6.45) is 1.00. The van der Waals surface area contributed by atoms with E-state index in [0.29, 0.717) is 18.7 Å². The number of benzene rings is 2. The number of hydrogen-bond donors (Lipinski definition) is 1. The van der Waals surface area contributed by atoms with Gasteiger partial charge in [0, 0.05) is 18.7 Å². The van der Waals surface area contributed by atoms with Crippen molar-refractivity contribution in [3.05, 3.63) is 65.7 Å². The number of amides is 1. The lowest BCUT2D eigenvalue weighted by Gasteiger charge is -2.11. The quantitative estimate of drug-likeness (QED) is 0.762. The molecular weight excluding hydrogens is 288 g/mol. The van der Waals surface area contributed by atoms with Gasteiger partial charge in [-0.3, -0.25) is 4.79 Å². The molecule has 0 heterocycles. The highest BCUT2D eigenvalue weighted by Gasteiger charge is 2.04. The standard InChI is InChI=1S/C19H24N2O2/c1-21(2)13-6-14-23-18-11-9-16(10-12-18)15-20-19(22)17-7-4-3-5-8-17/h3-5,7-12H,6,13-15H2,1-2H3,(H,20,22). The molecule has 4 heteroatoms. The van der Waals surface area contributed by atoms with E-state index >= 15 is 0 Å². The van der Waals surface area contributed by atoms with Crippen LogP contribution in [0.5, 0.6) is 5.75 Å². The van der Waals surface area contributed by atoms with E-state index in [2.05, 4.69) is 24.3 Å².